The summed E-state index contributed by atoms with van der Waals surface area (Å²) in [6.07, 6.45) is -0.292. The van der Waals surface area contributed by atoms with Gasteiger partial charge >= 0.3 is 11.9 Å². The first kappa shape index (κ1) is 10.6. The Kier molecular flexibility index (Phi) is 2.18. The van der Waals surface area contributed by atoms with Crippen molar-refractivity contribution in [1.82, 2.24) is 4.90 Å². The van der Waals surface area contributed by atoms with Crippen LogP contribution in [0.2, 0.25) is 0 Å². The van der Waals surface area contributed by atoms with Gasteiger partial charge in [0.2, 0.25) is 11.8 Å². The molecule has 2 aliphatic rings. The van der Waals surface area contributed by atoms with Crippen LogP contribution < -0.4 is 0 Å². The smallest absolute Gasteiger partial charge is 0.327 e. The number of carboxylic acid groups (broad SMARTS) is 2. The van der Waals surface area contributed by atoms with Crippen LogP contribution in [0.1, 0.15) is 12.8 Å². The summed E-state index contributed by atoms with van der Waals surface area (Å²) < 4.78 is 0. The molecule has 0 spiro atoms. The van der Waals surface area contributed by atoms with Crippen LogP contribution >= 0.6 is 0 Å². The summed E-state index contributed by atoms with van der Waals surface area (Å²) in [5.74, 6) is -4.75. The van der Waals surface area contributed by atoms with E-state index in [-0.39, 0.29) is 0 Å². The number of fused-ring (bicyclic) bond motifs is 1. The minimum absolute atomic E-state index is 0.414. The predicted molar refractivity (Wildman–Crippen MR) is 47.1 cm³/mol. The van der Waals surface area contributed by atoms with Gasteiger partial charge in [-0.15, -0.1) is 0 Å². The largest absolute Gasteiger partial charge is 0.481 e. The van der Waals surface area contributed by atoms with Crippen LogP contribution in [0.5, 0.6) is 0 Å². The first-order valence-electron chi connectivity index (χ1n) is 4.75. The molecule has 0 aromatic carbocycles. The molecule has 7 nitrogen and oxygen atoms in total. The zero-order chi connectivity index (χ0) is 12.0. The van der Waals surface area contributed by atoms with Crippen molar-refractivity contribution in [1.29, 1.82) is 0 Å². The lowest BCUT2D eigenvalue weighted by molar-refractivity contribution is -0.158. The highest BCUT2D eigenvalue weighted by molar-refractivity contribution is 6.11. The number of rotatable bonds is 4. The van der Waals surface area contributed by atoms with E-state index in [4.69, 9.17) is 10.2 Å². The molecule has 1 saturated heterocycles. The molecule has 0 aromatic heterocycles. The van der Waals surface area contributed by atoms with Gasteiger partial charge in [-0.2, -0.15) is 0 Å². The second-order valence-corrected chi connectivity index (χ2v) is 3.95. The fourth-order valence-electron chi connectivity index (χ4n) is 1.97. The van der Waals surface area contributed by atoms with Gasteiger partial charge in [-0.1, -0.05) is 0 Å². The second kappa shape index (κ2) is 3.29. The summed E-state index contributed by atoms with van der Waals surface area (Å²) in [6, 6.07) is -1.58. The number of imide groups is 1. The van der Waals surface area contributed by atoms with Crippen LogP contribution in [-0.2, 0) is 19.2 Å². The second-order valence-electron chi connectivity index (χ2n) is 3.95. The lowest BCUT2D eigenvalue weighted by atomic mass is 10.1. The average Bonchev–Trinajstić information content (AvgIpc) is 2.90. The van der Waals surface area contributed by atoms with Gasteiger partial charge in [0.1, 0.15) is 6.04 Å². The van der Waals surface area contributed by atoms with Gasteiger partial charge in [0.15, 0.2) is 0 Å². The lowest BCUT2D eigenvalue weighted by Crippen LogP contribution is -2.47. The third-order valence-corrected chi connectivity index (χ3v) is 2.86. The molecule has 3 unspecified atom stereocenters. The molecular weight excluding hydrogens is 218 g/mol. The van der Waals surface area contributed by atoms with Crippen molar-refractivity contribution in [2.75, 3.05) is 0 Å². The standard InChI is InChI=1S/C9H9NO6/c11-6(12)2-5(9(15)16)10-7(13)3-1-4(3)8(10)14/h3-5H,1-2H2,(H,11,12)(H,15,16). The van der Waals surface area contributed by atoms with E-state index in [1.54, 1.807) is 0 Å². The number of carbonyl (C=O) groups is 4. The van der Waals surface area contributed by atoms with Crippen molar-refractivity contribution in [2.45, 2.75) is 18.9 Å². The Hall–Kier alpha value is -1.92. The maximum Gasteiger partial charge on any atom is 0.327 e. The number of amides is 2. The minimum atomic E-state index is -1.58. The maximum atomic E-state index is 11.5. The number of nitrogens with zero attached hydrogens (tertiary/aromatic N) is 1. The van der Waals surface area contributed by atoms with E-state index in [1.165, 1.54) is 0 Å². The number of piperidine rings is 1. The van der Waals surface area contributed by atoms with Crippen LogP contribution in [0.15, 0.2) is 0 Å². The van der Waals surface area contributed by atoms with Gasteiger partial charge in [-0.3, -0.25) is 19.3 Å². The van der Waals surface area contributed by atoms with Crippen LogP contribution in [0.25, 0.3) is 0 Å². The Morgan fingerprint density at radius 2 is 1.75 bits per heavy atom. The monoisotopic (exact) mass is 227 g/mol. The van der Waals surface area contributed by atoms with Gasteiger partial charge in [-0.05, 0) is 6.42 Å². The molecule has 86 valence electrons. The van der Waals surface area contributed by atoms with Crippen LogP contribution in [0, 0.1) is 11.8 Å². The highest BCUT2D eigenvalue weighted by atomic mass is 16.4. The quantitative estimate of drug-likeness (QED) is 0.591. The molecular formula is C9H9NO6. The number of likely N-dealkylation sites (tertiary alicyclic amines) is 1. The maximum absolute atomic E-state index is 11.5. The van der Waals surface area contributed by atoms with E-state index in [1.807, 2.05) is 0 Å². The first-order valence-corrected chi connectivity index (χ1v) is 4.75. The summed E-state index contributed by atoms with van der Waals surface area (Å²) >= 11 is 0. The SMILES string of the molecule is O=C(O)CC(C(=O)O)N1C(=O)C2CC2C1=O. The van der Waals surface area contributed by atoms with E-state index in [2.05, 4.69) is 0 Å². The van der Waals surface area contributed by atoms with Crippen molar-refractivity contribution in [3.63, 3.8) is 0 Å². The van der Waals surface area contributed by atoms with Crippen LogP contribution in [-0.4, -0.2) is 44.9 Å². The Labute approximate surface area is 89.6 Å². The van der Waals surface area contributed by atoms with Crippen molar-refractivity contribution >= 4 is 23.8 Å². The van der Waals surface area contributed by atoms with Crippen LogP contribution in [0.3, 0.4) is 0 Å². The number of hydrogen-bond donors (Lipinski definition) is 2. The highest BCUT2D eigenvalue weighted by Gasteiger charge is 2.61. The lowest BCUT2D eigenvalue weighted by Gasteiger charge is -2.22. The van der Waals surface area contributed by atoms with E-state index in [0.717, 1.165) is 0 Å². The zero-order valence-corrected chi connectivity index (χ0v) is 8.12. The van der Waals surface area contributed by atoms with Gasteiger partial charge in [0, 0.05) is 0 Å². The normalized spacial score (nSPS) is 28.9. The fraction of sp³-hybridized carbons (Fsp3) is 0.556. The summed E-state index contributed by atoms with van der Waals surface area (Å²) in [4.78, 5) is 44.9. The van der Waals surface area contributed by atoms with Crippen molar-refractivity contribution in [3.8, 4) is 0 Å². The van der Waals surface area contributed by atoms with Crippen molar-refractivity contribution in [2.24, 2.45) is 11.8 Å². The molecule has 1 aliphatic carbocycles. The molecule has 3 atom stereocenters. The summed E-state index contributed by atoms with van der Waals surface area (Å²) in [6.45, 7) is 0. The molecule has 1 saturated carbocycles. The number of hydrogen-bond acceptors (Lipinski definition) is 4. The topological polar surface area (TPSA) is 112 Å². The Morgan fingerprint density at radius 1 is 1.25 bits per heavy atom. The number of carbonyl (C=O) groups excluding carboxylic acids is 2. The Morgan fingerprint density at radius 3 is 2.12 bits per heavy atom. The molecule has 0 aromatic rings. The van der Waals surface area contributed by atoms with Gasteiger partial charge in [0.05, 0.1) is 18.3 Å². The first-order chi connectivity index (χ1) is 7.43. The molecule has 2 N–H and O–H groups in total. The van der Waals surface area contributed by atoms with E-state index in [9.17, 15) is 19.2 Å². The fourth-order valence-corrected chi connectivity index (χ4v) is 1.97. The van der Waals surface area contributed by atoms with E-state index in [0.29, 0.717) is 11.3 Å². The average molecular weight is 227 g/mol. The van der Waals surface area contributed by atoms with Gasteiger partial charge in [-0.25, -0.2) is 4.79 Å². The van der Waals surface area contributed by atoms with Gasteiger partial charge in [0.25, 0.3) is 0 Å². The molecule has 7 heteroatoms. The zero-order valence-electron chi connectivity index (χ0n) is 8.12. The highest BCUT2D eigenvalue weighted by Crippen LogP contribution is 2.47. The van der Waals surface area contributed by atoms with Crippen molar-refractivity contribution < 1.29 is 29.4 Å². The van der Waals surface area contributed by atoms with Gasteiger partial charge < -0.3 is 10.2 Å². The molecule has 1 heterocycles. The minimum Gasteiger partial charge on any atom is -0.481 e. The van der Waals surface area contributed by atoms with Crippen molar-refractivity contribution in [3.05, 3.63) is 0 Å². The molecule has 2 amide bonds. The molecule has 1 aliphatic heterocycles. The molecule has 0 radical (unpaired) electrons. The Bertz CT molecular complexity index is 383. The number of carboxylic acids is 2. The summed E-state index contributed by atoms with van der Waals surface area (Å²) in [5, 5.41) is 17.3. The van der Waals surface area contributed by atoms with E-state index >= 15 is 0 Å². The third kappa shape index (κ3) is 1.44. The molecule has 0 bridgehead atoms. The van der Waals surface area contributed by atoms with E-state index < -0.39 is 48.1 Å². The molecule has 16 heavy (non-hydrogen) atoms. The molecule has 2 rings (SSSR count). The predicted octanol–water partition coefficient (Wildman–Crippen LogP) is -1.08. The third-order valence-electron chi connectivity index (χ3n) is 2.86. The summed E-state index contributed by atoms with van der Waals surface area (Å²) in [7, 11) is 0. The number of aliphatic carboxylic acids is 2. The van der Waals surface area contributed by atoms with Crippen LogP contribution in [0.4, 0.5) is 0 Å². The molecule has 2 fully saturated rings. The Balaban J connectivity index is 2.20. The summed E-state index contributed by atoms with van der Waals surface area (Å²) in [5.41, 5.74) is 0.